The Labute approximate surface area is 178 Å². The van der Waals surface area contributed by atoms with E-state index in [0.717, 1.165) is 22.2 Å². The van der Waals surface area contributed by atoms with Crippen LogP contribution in [0.15, 0.2) is 65.2 Å². The van der Waals surface area contributed by atoms with E-state index in [4.69, 9.17) is 25.5 Å². The molecule has 6 nitrogen and oxygen atoms in total. The van der Waals surface area contributed by atoms with Crippen LogP contribution in [0.2, 0.25) is 5.02 Å². The molecule has 2 heterocycles. The first-order valence-electron chi connectivity index (χ1n) is 9.51. The van der Waals surface area contributed by atoms with Gasteiger partial charge in [0.15, 0.2) is 5.76 Å². The zero-order valence-corrected chi connectivity index (χ0v) is 17.2. The first-order chi connectivity index (χ1) is 14.6. The molecule has 0 saturated heterocycles. The van der Waals surface area contributed by atoms with Gasteiger partial charge in [0, 0.05) is 34.7 Å². The third-order valence-electron chi connectivity index (χ3n) is 4.73. The molecule has 154 valence electrons. The van der Waals surface area contributed by atoms with Gasteiger partial charge in [-0.1, -0.05) is 11.6 Å². The maximum absolute atomic E-state index is 12.4. The molecule has 30 heavy (non-hydrogen) atoms. The van der Waals surface area contributed by atoms with Crippen molar-refractivity contribution in [2.24, 2.45) is 0 Å². The van der Waals surface area contributed by atoms with E-state index >= 15 is 0 Å². The Morgan fingerprint density at radius 1 is 1.10 bits per heavy atom. The van der Waals surface area contributed by atoms with Crippen molar-refractivity contribution >= 4 is 28.4 Å². The van der Waals surface area contributed by atoms with Crippen LogP contribution in [0.5, 0.6) is 11.5 Å². The van der Waals surface area contributed by atoms with Crippen molar-refractivity contribution in [1.82, 2.24) is 10.3 Å². The standard InChI is InChI=1S/C23H21ClN2O4/c1-28-18-6-8-20-15(13-26-21(20)12-18)10-11-25-23(27)22-9-7-19(30-22)14-29-17-4-2-16(24)3-5-17/h2-9,12-13,26H,10-11,14H2,1H3,(H,25,27). The fraction of sp³-hybridized carbons (Fsp3) is 0.174. The molecule has 1 amide bonds. The summed E-state index contributed by atoms with van der Waals surface area (Å²) in [5, 5.41) is 4.65. The van der Waals surface area contributed by atoms with Crippen LogP contribution in [0.4, 0.5) is 0 Å². The van der Waals surface area contributed by atoms with Crippen LogP contribution in [0.3, 0.4) is 0 Å². The fourth-order valence-corrected chi connectivity index (χ4v) is 3.29. The van der Waals surface area contributed by atoms with Gasteiger partial charge in [-0.3, -0.25) is 4.79 Å². The molecule has 2 N–H and O–H groups in total. The largest absolute Gasteiger partial charge is 0.497 e. The van der Waals surface area contributed by atoms with Gasteiger partial charge < -0.3 is 24.2 Å². The monoisotopic (exact) mass is 424 g/mol. The third kappa shape index (κ3) is 4.60. The van der Waals surface area contributed by atoms with E-state index in [2.05, 4.69) is 10.3 Å². The molecular formula is C23H21ClN2O4. The second-order valence-corrected chi connectivity index (χ2v) is 7.18. The third-order valence-corrected chi connectivity index (χ3v) is 4.99. The van der Waals surface area contributed by atoms with E-state index in [1.807, 2.05) is 24.4 Å². The van der Waals surface area contributed by atoms with E-state index in [9.17, 15) is 4.79 Å². The minimum atomic E-state index is -0.255. The average Bonchev–Trinajstić information content (AvgIpc) is 3.40. The van der Waals surface area contributed by atoms with Crippen molar-refractivity contribution < 1.29 is 18.7 Å². The van der Waals surface area contributed by atoms with Crippen LogP contribution < -0.4 is 14.8 Å². The maximum atomic E-state index is 12.4. The molecule has 0 aliphatic heterocycles. The van der Waals surface area contributed by atoms with Gasteiger partial charge in [-0.25, -0.2) is 0 Å². The van der Waals surface area contributed by atoms with Gasteiger partial charge in [0.2, 0.25) is 0 Å². The molecule has 0 radical (unpaired) electrons. The normalized spacial score (nSPS) is 10.9. The number of H-pyrrole nitrogens is 1. The minimum absolute atomic E-state index is 0.230. The van der Waals surface area contributed by atoms with E-state index in [1.54, 1.807) is 43.5 Å². The summed E-state index contributed by atoms with van der Waals surface area (Å²) < 4.78 is 16.5. The van der Waals surface area contributed by atoms with Crippen molar-refractivity contribution in [3.05, 3.63) is 82.9 Å². The van der Waals surface area contributed by atoms with Crippen molar-refractivity contribution in [3.8, 4) is 11.5 Å². The topological polar surface area (TPSA) is 76.5 Å². The Hall–Kier alpha value is -3.38. The summed E-state index contributed by atoms with van der Waals surface area (Å²) in [6.45, 7) is 0.725. The average molecular weight is 425 g/mol. The molecule has 7 heteroatoms. The lowest BCUT2D eigenvalue weighted by Gasteiger charge is -2.05. The predicted octanol–water partition coefficient (Wildman–Crippen LogP) is 4.97. The van der Waals surface area contributed by atoms with Crippen LogP contribution in [-0.2, 0) is 13.0 Å². The quantitative estimate of drug-likeness (QED) is 0.418. The van der Waals surface area contributed by atoms with E-state index < -0.39 is 0 Å². The molecule has 2 aromatic carbocycles. The number of benzene rings is 2. The summed E-state index contributed by atoms with van der Waals surface area (Å²) in [6.07, 6.45) is 2.65. The lowest BCUT2D eigenvalue weighted by atomic mass is 10.1. The Morgan fingerprint density at radius 3 is 2.70 bits per heavy atom. The van der Waals surface area contributed by atoms with Gasteiger partial charge in [0.25, 0.3) is 5.91 Å². The molecular weight excluding hydrogens is 404 g/mol. The van der Waals surface area contributed by atoms with Crippen molar-refractivity contribution in [2.45, 2.75) is 13.0 Å². The summed E-state index contributed by atoms with van der Waals surface area (Å²) in [5.41, 5.74) is 2.14. The fourth-order valence-electron chi connectivity index (χ4n) is 3.16. The summed E-state index contributed by atoms with van der Waals surface area (Å²) in [4.78, 5) is 15.6. The van der Waals surface area contributed by atoms with Crippen molar-refractivity contribution in [2.75, 3.05) is 13.7 Å². The molecule has 0 spiro atoms. The number of aromatic amines is 1. The van der Waals surface area contributed by atoms with Gasteiger partial charge in [0.05, 0.1) is 7.11 Å². The highest BCUT2D eigenvalue weighted by Gasteiger charge is 2.12. The van der Waals surface area contributed by atoms with Crippen molar-refractivity contribution in [1.29, 1.82) is 0 Å². The molecule has 0 aliphatic rings. The van der Waals surface area contributed by atoms with Gasteiger partial charge in [-0.05, 0) is 60.5 Å². The van der Waals surface area contributed by atoms with Gasteiger partial charge in [-0.15, -0.1) is 0 Å². The number of nitrogens with one attached hydrogen (secondary N) is 2. The predicted molar refractivity (Wildman–Crippen MR) is 115 cm³/mol. The molecule has 0 saturated carbocycles. The molecule has 2 aromatic heterocycles. The molecule has 4 aromatic rings. The number of aromatic nitrogens is 1. The van der Waals surface area contributed by atoms with Gasteiger partial charge >= 0.3 is 0 Å². The smallest absolute Gasteiger partial charge is 0.287 e. The molecule has 0 atom stereocenters. The Balaban J connectivity index is 1.29. The van der Waals surface area contributed by atoms with Crippen LogP contribution >= 0.6 is 11.6 Å². The zero-order valence-electron chi connectivity index (χ0n) is 16.4. The van der Waals surface area contributed by atoms with Crippen molar-refractivity contribution in [3.63, 3.8) is 0 Å². The van der Waals surface area contributed by atoms with Crippen LogP contribution in [0, 0.1) is 0 Å². The first-order valence-corrected chi connectivity index (χ1v) is 9.89. The highest BCUT2D eigenvalue weighted by Crippen LogP contribution is 2.23. The highest BCUT2D eigenvalue weighted by molar-refractivity contribution is 6.30. The summed E-state index contributed by atoms with van der Waals surface area (Å²) in [6, 6.07) is 16.3. The Kier molecular flexibility index (Phi) is 5.95. The highest BCUT2D eigenvalue weighted by atomic mass is 35.5. The van der Waals surface area contributed by atoms with Crippen LogP contribution in [0.1, 0.15) is 21.9 Å². The summed E-state index contributed by atoms with van der Waals surface area (Å²) in [7, 11) is 1.64. The van der Waals surface area contributed by atoms with E-state index in [1.165, 1.54) is 0 Å². The summed E-state index contributed by atoms with van der Waals surface area (Å²) in [5.74, 6) is 2.05. The molecule has 0 aliphatic carbocycles. The molecule has 0 bridgehead atoms. The van der Waals surface area contributed by atoms with Gasteiger partial charge in [0.1, 0.15) is 23.9 Å². The lowest BCUT2D eigenvalue weighted by Crippen LogP contribution is -2.25. The van der Waals surface area contributed by atoms with Crippen LogP contribution in [-0.4, -0.2) is 24.5 Å². The zero-order chi connectivity index (χ0) is 20.9. The number of hydrogen-bond acceptors (Lipinski definition) is 4. The Bertz CT molecular complexity index is 1150. The minimum Gasteiger partial charge on any atom is -0.497 e. The number of methoxy groups -OCH3 is 1. The van der Waals surface area contributed by atoms with Crippen LogP contribution in [0.25, 0.3) is 10.9 Å². The Morgan fingerprint density at radius 2 is 1.90 bits per heavy atom. The maximum Gasteiger partial charge on any atom is 0.287 e. The number of halogens is 1. The lowest BCUT2D eigenvalue weighted by molar-refractivity contribution is 0.0922. The molecule has 4 rings (SSSR count). The van der Waals surface area contributed by atoms with Gasteiger partial charge in [-0.2, -0.15) is 0 Å². The molecule has 0 unspecified atom stereocenters. The SMILES string of the molecule is COc1ccc2c(CCNC(=O)c3ccc(COc4ccc(Cl)cc4)o3)c[nH]c2c1. The number of carbonyl (C=O) groups is 1. The number of ether oxygens (including phenoxy) is 2. The first kappa shape index (κ1) is 19.9. The number of fused-ring (bicyclic) bond motifs is 1. The van der Waals surface area contributed by atoms with E-state index in [0.29, 0.717) is 29.5 Å². The summed E-state index contributed by atoms with van der Waals surface area (Å²) >= 11 is 5.86. The number of hydrogen-bond donors (Lipinski definition) is 2. The number of furan rings is 1. The van der Waals surface area contributed by atoms with E-state index in [-0.39, 0.29) is 18.3 Å². The molecule has 0 fully saturated rings. The number of amides is 1. The number of carbonyl (C=O) groups excluding carboxylic acids is 1. The number of rotatable bonds is 8. The second kappa shape index (κ2) is 8.97. The second-order valence-electron chi connectivity index (χ2n) is 6.74.